The van der Waals surface area contributed by atoms with Crippen LogP contribution in [0.4, 0.5) is 0 Å². The van der Waals surface area contributed by atoms with E-state index in [0.717, 1.165) is 25.4 Å². The fraction of sp³-hybridized carbons (Fsp3) is 0.143. The Kier molecular flexibility index (Phi) is 13.4. The minimum absolute atomic E-state index is 0.346. The van der Waals surface area contributed by atoms with E-state index in [1.807, 2.05) is 0 Å². The van der Waals surface area contributed by atoms with Gasteiger partial charge in [0.05, 0.1) is 0 Å². The summed E-state index contributed by atoms with van der Waals surface area (Å²) in [5.74, 6) is 0. The molecular weight excluding hydrogens is 584 g/mol. The number of nitrogens with zero attached hydrogens (tertiary/aromatic N) is 1. The Morgan fingerprint density at radius 2 is 0.706 bits per heavy atom. The van der Waals surface area contributed by atoms with E-state index in [2.05, 4.69) is 121 Å². The van der Waals surface area contributed by atoms with Crippen LogP contribution in [0.2, 0.25) is 0 Å². The molecule has 0 saturated heterocycles. The van der Waals surface area contributed by atoms with Crippen LogP contribution >= 0.6 is 35.2 Å². The summed E-state index contributed by atoms with van der Waals surface area (Å²) < 4.78 is 0. The molecule has 0 heterocycles. The second-order valence-corrected chi connectivity index (χ2v) is 14.7. The predicted octanol–water partition coefficient (Wildman–Crippen LogP) is 7.00. The molecule has 0 bridgehead atoms. The van der Waals surface area contributed by atoms with Gasteiger partial charge in [-0.3, -0.25) is 0 Å². The summed E-state index contributed by atoms with van der Waals surface area (Å²) in [5.41, 5.74) is 0. The SMILES string of the molecule is [Cl][Ru][Cl].c1ccc(P(CC[N-]CCP(c2ccccc2)c2ccccc2)c2ccccc2)cc1. The van der Waals surface area contributed by atoms with Crippen molar-refractivity contribution in [2.45, 2.75) is 0 Å². The summed E-state index contributed by atoms with van der Waals surface area (Å²) in [6, 6.07) is 43.7. The van der Waals surface area contributed by atoms with E-state index < -0.39 is 0 Å². The largest absolute Gasteiger partial charge is 0.662 e. The van der Waals surface area contributed by atoms with Gasteiger partial charge in [0, 0.05) is 0 Å². The Hall–Kier alpha value is -1.10. The molecule has 0 aliphatic rings. The van der Waals surface area contributed by atoms with E-state index >= 15 is 0 Å². The number of halogens is 2. The van der Waals surface area contributed by atoms with Crippen LogP contribution in [0.1, 0.15) is 0 Å². The molecule has 4 aromatic carbocycles. The van der Waals surface area contributed by atoms with Gasteiger partial charge in [-0.25, -0.2) is 0 Å². The third kappa shape index (κ3) is 9.17. The van der Waals surface area contributed by atoms with Crippen molar-refractivity contribution < 1.29 is 15.1 Å². The minimum Gasteiger partial charge on any atom is -0.662 e. The third-order valence-electron chi connectivity index (χ3n) is 5.23. The summed E-state index contributed by atoms with van der Waals surface area (Å²) in [6.07, 6.45) is 2.22. The smallest absolute Gasteiger partial charge is 0.0196 e. The van der Waals surface area contributed by atoms with Crippen molar-refractivity contribution in [3.63, 3.8) is 0 Å². The zero-order chi connectivity index (χ0) is 23.8. The maximum absolute atomic E-state index is 4.99. The minimum atomic E-state index is -0.359. The first-order valence-corrected chi connectivity index (χ1v) is 18.6. The molecule has 178 valence electrons. The van der Waals surface area contributed by atoms with Gasteiger partial charge in [0.15, 0.2) is 0 Å². The monoisotopic (exact) mass is 612 g/mol. The molecule has 0 aliphatic carbocycles. The second-order valence-electron chi connectivity index (χ2n) is 7.37. The van der Waals surface area contributed by atoms with Crippen molar-refractivity contribution in [1.29, 1.82) is 0 Å². The van der Waals surface area contributed by atoms with Gasteiger partial charge in [0.25, 0.3) is 0 Å². The molecule has 0 spiro atoms. The number of rotatable bonds is 10. The molecule has 6 heteroatoms. The number of hydrogen-bond donors (Lipinski definition) is 0. The number of benzene rings is 4. The van der Waals surface area contributed by atoms with Gasteiger partial charge in [-0.05, 0) is 49.4 Å². The van der Waals surface area contributed by atoms with E-state index in [1.165, 1.54) is 21.2 Å². The Morgan fingerprint density at radius 1 is 0.471 bits per heavy atom. The maximum Gasteiger partial charge on any atom is -0.0196 e. The maximum atomic E-state index is 4.99. The summed E-state index contributed by atoms with van der Waals surface area (Å²) in [6.45, 7) is 1.84. The Labute approximate surface area is 222 Å². The molecule has 0 N–H and O–H groups in total. The predicted molar refractivity (Wildman–Crippen MR) is 153 cm³/mol. The zero-order valence-corrected chi connectivity index (χ0v) is 23.9. The van der Waals surface area contributed by atoms with Crippen molar-refractivity contribution in [2.75, 3.05) is 25.4 Å². The second kappa shape index (κ2) is 16.6. The van der Waals surface area contributed by atoms with Crippen molar-refractivity contribution >= 4 is 56.4 Å². The Bertz CT molecular complexity index is 877. The van der Waals surface area contributed by atoms with Crippen LogP contribution in [0, 0.1) is 0 Å². The van der Waals surface area contributed by atoms with Gasteiger partial charge >= 0.3 is 34.5 Å². The fourth-order valence-corrected chi connectivity index (χ4v) is 8.14. The van der Waals surface area contributed by atoms with Crippen LogP contribution in [0.15, 0.2) is 121 Å². The molecular formula is C28H28Cl2NP2Ru-. The molecule has 0 amide bonds. The molecule has 1 nitrogen and oxygen atoms in total. The van der Waals surface area contributed by atoms with Crippen molar-refractivity contribution in [1.82, 2.24) is 0 Å². The first-order chi connectivity index (χ1) is 16.8. The quantitative estimate of drug-likeness (QED) is 0.104. The summed E-state index contributed by atoms with van der Waals surface area (Å²) in [5, 5.41) is 10.7. The van der Waals surface area contributed by atoms with Gasteiger partial charge in [0.1, 0.15) is 0 Å². The molecule has 0 atom stereocenters. The van der Waals surface area contributed by atoms with Crippen LogP contribution in [0.5, 0.6) is 0 Å². The fourth-order valence-electron chi connectivity index (χ4n) is 3.70. The number of hydrogen-bond acceptors (Lipinski definition) is 0. The molecule has 0 saturated carbocycles. The van der Waals surface area contributed by atoms with E-state index in [9.17, 15) is 0 Å². The van der Waals surface area contributed by atoms with Gasteiger partial charge in [0.2, 0.25) is 0 Å². The van der Waals surface area contributed by atoms with E-state index in [4.69, 9.17) is 24.7 Å². The average Bonchev–Trinajstić information content (AvgIpc) is 2.91. The Morgan fingerprint density at radius 3 is 0.941 bits per heavy atom. The normalized spacial score (nSPS) is 10.8. The standard InChI is InChI=1S/C28H28NP2.2ClH.Ru/c1-5-13-25(14-6-1)30(26-15-7-2-8-16-26)23-21-29-22-24-31(27-17-9-3-10-18-27)28-19-11-4-12-20-28;;;/h1-20H,21-24H2;2*1H;/q-1;;;+2/p-2. The van der Waals surface area contributed by atoms with Crippen molar-refractivity contribution in [3.8, 4) is 0 Å². The van der Waals surface area contributed by atoms with Crippen LogP contribution in [-0.2, 0) is 15.1 Å². The molecule has 0 unspecified atom stereocenters. The van der Waals surface area contributed by atoms with E-state index in [-0.39, 0.29) is 31.0 Å². The summed E-state index contributed by atoms with van der Waals surface area (Å²) in [7, 11) is 8.99. The van der Waals surface area contributed by atoms with Crippen LogP contribution < -0.4 is 21.2 Å². The molecule has 0 fully saturated rings. The first kappa shape index (κ1) is 27.5. The van der Waals surface area contributed by atoms with Gasteiger partial charge in [-0.2, -0.15) is 0 Å². The van der Waals surface area contributed by atoms with Crippen LogP contribution in [0.25, 0.3) is 5.32 Å². The summed E-state index contributed by atoms with van der Waals surface area (Å²) in [4.78, 5) is 0. The van der Waals surface area contributed by atoms with Crippen LogP contribution in [0.3, 0.4) is 0 Å². The van der Waals surface area contributed by atoms with E-state index in [0.29, 0.717) is 0 Å². The molecule has 0 radical (unpaired) electrons. The van der Waals surface area contributed by atoms with E-state index in [1.54, 1.807) is 0 Å². The zero-order valence-electron chi connectivity index (χ0n) is 18.8. The molecule has 4 rings (SSSR count). The molecule has 4 aromatic rings. The first-order valence-electron chi connectivity index (χ1n) is 11.1. The molecule has 0 aliphatic heterocycles. The Balaban J connectivity index is 0.00000103. The molecule has 34 heavy (non-hydrogen) atoms. The van der Waals surface area contributed by atoms with Crippen LogP contribution in [-0.4, -0.2) is 25.4 Å². The molecule has 0 aromatic heterocycles. The van der Waals surface area contributed by atoms with Crippen molar-refractivity contribution in [2.24, 2.45) is 0 Å². The van der Waals surface area contributed by atoms with Gasteiger partial charge in [-0.1, -0.05) is 121 Å². The van der Waals surface area contributed by atoms with Gasteiger partial charge < -0.3 is 5.32 Å². The van der Waals surface area contributed by atoms with Crippen molar-refractivity contribution in [3.05, 3.63) is 127 Å². The average molecular weight is 612 g/mol. The topological polar surface area (TPSA) is 14.1 Å². The van der Waals surface area contributed by atoms with Gasteiger partial charge in [-0.15, -0.1) is 13.1 Å². The third-order valence-corrected chi connectivity index (χ3v) is 10.2. The summed E-state index contributed by atoms with van der Waals surface area (Å²) >= 11 is -0.346.